The number of morpholine rings is 1. The first-order valence-corrected chi connectivity index (χ1v) is 11.0. The van der Waals surface area contributed by atoms with Crippen LogP contribution < -0.4 is 15.5 Å². The van der Waals surface area contributed by atoms with Gasteiger partial charge in [-0.2, -0.15) is 0 Å². The van der Waals surface area contributed by atoms with E-state index in [4.69, 9.17) is 9.47 Å². The van der Waals surface area contributed by atoms with E-state index in [1.54, 1.807) is 36.4 Å². The molecule has 4 rings (SSSR count). The Morgan fingerprint density at radius 3 is 2.70 bits per heavy atom. The molecule has 2 atom stereocenters. The van der Waals surface area contributed by atoms with Gasteiger partial charge in [0, 0.05) is 37.1 Å². The van der Waals surface area contributed by atoms with Crippen LogP contribution in [0.3, 0.4) is 0 Å². The Hall–Kier alpha value is -3.30. The van der Waals surface area contributed by atoms with Gasteiger partial charge in [0.25, 0.3) is 0 Å². The van der Waals surface area contributed by atoms with Crippen molar-refractivity contribution in [2.45, 2.75) is 25.0 Å². The Bertz CT molecular complexity index is 1010. The number of ether oxygens (including phenoxy) is 2. The molecule has 0 bridgehead atoms. The summed E-state index contributed by atoms with van der Waals surface area (Å²) in [7, 11) is 0. The van der Waals surface area contributed by atoms with Gasteiger partial charge >= 0.3 is 6.09 Å². The van der Waals surface area contributed by atoms with E-state index < -0.39 is 18.0 Å². The first-order chi connectivity index (χ1) is 16.0. The van der Waals surface area contributed by atoms with E-state index in [0.29, 0.717) is 30.0 Å². The fraction of sp³-hybridized carbons (Fsp3) is 0.375. The lowest BCUT2D eigenvalue weighted by molar-refractivity contribution is -0.121. The summed E-state index contributed by atoms with van der Waals surface area (Å²) < 4.78 is 25.6. The second-order valence-corrected chi connectivity index (χ2v) is 7.98. The molecule has 2 unspecified atom stereocenters. The molecule has 2 fully saturated rings. The second kappa shape index (κ2) is 10.5. The Labute approximate surface area is 191 Å². The maximum atomic E-state index is 14.7. The lowest BCUT2D eigenvalue weighted by Gasteiger charge is -2.25. The van der Waals surface area contributed by atoms with Crippen LogP contribution in [0, 0.1) is 5.82 Å². The number of cyclic esters (lactones) is 1. The summed E-state index contributed by atoms with van der Waals surface area (Å²) in [6.07, 6.45) is -1.40. The quantitative estimate of drug-likeness (QED) is 0.594. The number of amides is 2. The zero-order chi connectivity index (χ0) is 23.2. The second-order valence-electron chi connectivity index (χ2n) is 7.98. The smallest absolute Gasteiger partial charge is 0.414 e. The number of hydrogen-bond donors (Lipinski definition) is 2. The molecule has 0 saturated carbocycles. The maximum Gasteiger partial charge on any atom is 0.414 e. The van der Waals surface area contributed by atoms with Gasteiger partial charge < -0.3 is 20.1 Å². The minimum Gasteiger partial charge on any atom is -0.442 e. The number of benzene rings is 2. The summed E-state index contributed by atoms with van der Waals surface area (Å²) in [5.41, 5.74) is 1.38. The SMILES string of the molecule is O=C(CCC(=O)c1ccccc1)NCC1CN(c2ccc(C3CNCCO3)c(F)c2)C(=O)O1. The molecule has 2 saturated heterocycles. The Balaban J connectivity index is 1.26. The molecule has 2 aromatic carbocycles. The molecule has 2 amide bonds. The van der Waals surface area contributed by atoms with E-state index in [1.807, 2.05) is 6.07 Å². The van der Waals surface area contributed by atoms with Gasteiger partial charge in [0.1, 0.15) is 11.9 Å². The summed E-state index contributed by atoms with van der Waals surface area (Å²) in [5.74, 6) is -0.858. The third-order valence-electron chi connectivity index (χ3n) is 5.65. The molecule has 0 aliphatic carbocycles. The van der Waals surface area contributed by atoms with Gasteiger partial charge in [-0.3, -0.25) is 14.5 Å². The van der Waals surface area contributed by atoms with Crippen molar-refractivity contribution in [3.63, 3.8) is 0 Å². The third kappa shape index (κ3) is 5.74. The van der Waals surface area contributed by atoms with Crippen LogP contribution in [-0.2, 0) is 14.3 Å². The molecule has 0 radical (unpaired) electrons. The van der Waals surface area contributed by atoms with Crippen molar-refractivity contribution in [2.75, 3.05) is 37.7 Å². The van der Waals surface area contributed by atoms with Crippen molar-refractivity contribution in [3.8, 4) is 0 Å². The van der Waals surface area contributed by atoms with Crippen LogP contribution in [0.1, 0.15) is 34.9 Å². The number of anilines is 1. The zero-order valence-electron chi connectivity index (χ0n) is 18.1. The van der Waals surface area contributed by atoms with Crippen LogP contribution in [0.15, 0.2) is 48.5 Å². The summed E-state index contributed by atoms with van der Waals surface area (Å²) in [5, 5.41) is 5.86. The average Bonchev–Trinajstić information content (AvgIpc) is 3.22. The lowest BCUT2D eigenvalue weighted by Crippen LogP contribution is -2.35. The highest BCUT2D eigenvalue weighted by atomic mass is 19.1. The van der Waals surface area contributed by atoms with Gasteiger partial charge in [-0.15, -0.1) is 0 Å². The highest BCUT2D eigenvalue weighted by molar-refractivity contribution is 5.97. The van der Waals surface area contributed by atoms with Gasteiger partial charge in [-0.25, -0.2) is 9.18 Å². The lowest BCUT2D eigenvalue weighted by atomic mass is 10.1. The molecular weight excluding hydrogens is 429 g/mol. The van der Waals surface area contributed by atoms with Gasteiger partial charge in [-0.1, -0.05) is 36.4 Å². The van der Waals surface area contributed by atoms with Crippen LogP contribution in [0.4, 0.5) is 14.9 Å². The van der Waals surface area contributed by atoms with Crippen molar-refractivity contribution < 1.29 is 28.2 Å². The summed E-state index contributed by atoms with van der Waals surface area (Å²) >= 11 is 0. The molecule has 0 spiro atoms. The highest BCUT2D eigenvalue weighted by Gasteiger charge is 2.33. The molecule has 0 aromatic heterocycles. The number of nitrogens with one attached hydrogen (secondary N) is 2. The van der Waals surface area contributed by atoms with Gasteiger partial charge in [0.05, 0.1) is 31.5 Å². The number of ketones is 1. The number of nitrogens with zero attached hydrogens (tertiary/aromatic N) is 1. The van der Waals surface area contributed by atoms with Crippen LogP contribution >= 0.6 is 0 Å². The minimum absolute atomic E-state index is 0.0445. The summed E-state index contributed by atoms with van der Waals surface area (Å²) in [6, 6.07) is 13.4. The molecule has 2 aliphatic rings. The fourth-order valence-electron chi connectivity index (χ4n) is 3.86. The molecular formula is C24H26FN3O5. The molecule has 8 nitrogen and oxygen atoms in total. The largest absolute Gasteiger partial charge is 0.442 e. The first kappa shape index (κ1) is 22.9. The van der Waals surface area contributed by atoms with E-state index in [9.17, 15) is 18.8 Å². The average molecular weight is 455 g/mol. The number of carbonyl (C=O) groups excluding carboxylic acids is 3. The topological polar surface area (TPSA) is 97.0 Å². The number of halogens is 1. The summed E-state index contributed by atoms with van der Waals surface area (Å²) in [6.45, 7) is 2.07. The van der Waals surface area contributed by atoms with Crippen LogP contribution in [0.5, 0.6) is 0 Å². The standard InChI is InChI=1S/C24H26FN3O5/c25-20-12-17(6-7-19(20)22-14-26-10-11-32-22)28-15-18(33-24(28)31)13-27-23(30)9-8-21(29)16-4-2-1-3-5-16/h1-7,12,18,22,26H,8-11,13-15H2,(H,27,30). The molecule has 2 aliphatic heterocycles. The van der Waals surface area contributed by atoms with Crippen LogP contribution in [0.25, 0.3) is 0 Å². The molecule has 2 heterocycles. The first-order valence-electron chi connectivity index (χ1n) is 11.0. The fourth-order valence-corrected chi connectivity index (χ4v) is 3.86. The molecule has 9 heteroatoms. The van der Waals surface area contributed by atoms with E-state index in [1.165, 1.54) is 11.0 Å². The Kier molecular flexibility index (Phi) is 7.31. The number of carbonyl (C=O) groups is 3. The van der Waals surface area contributed by atoms with Crippen molar-refractivity contribution >= 4 is 23.5 Å². The zero-order valence-corrected chi connectivity index (χ0v) is 18.1. The normalized spacial score (nSPS) is 20.4. The number of Topliss-reactive ketones (excluding diaryl/α,β-unsaturated/α-hetero) is 1. The van der Waals surface area contributed by atoms with Gasteiger partial charge in [-0.05, 0) is 12.1 Å². The van der Waals surface area contributed by atoms with E-state index in [2.05, 4.69) is 10.6 Å². The monoisotopic (exact) mass is 455 g/mol. The van der Waals surface area contributed by atoms with E-state index >= 15 is 0 Å². The maximum absolute atomic E-state index is 14.7. The number of rotatable bonds is 8. The predicted molar refractivity (Wildman–Crippen MR) is 119 cm³/mol. The minimum atomic E-state index is -0.601. The van der Waals surface area contributed by atoms with Crippen molar-refractivity contribution in [1.82, 2.24) is 10.6 Å². The molecule has 33 heavy (non-hydrogen) atoms. The summed E-state index contributed by atoms with van der Waals surface area (Å²) in [4.78, 5) is 37.8. The number of hydrogen-bond acceptors (Lipinski definition) is 6. The van der Waals surface area contributed by atoms with E-state index in [0.717, 1.165) is 6.54 Å². The van der Waals surface area contributed by atoms with Crippen LogP contribution in [0.2, 0.25) is 0 Å². The van der Waals surface area contributed by atoms with E-state index in [-0.39, 0.29) is 43.7 Å². The van der Waals surface area contributed by atoms with Gasteiger partial charge in [0.2, 0.25) is 5.91 Å². The third-order valence-corrected chi connectivity index (χ3v) is 5.65. The molecule has 2 N–H and O–H groups in total. The van der Waals surface area contributed by atoms with Crippen LogP contribution in [-0.4, -0.2) is 56.7 Å². The van der Waals surface area contributed by atoms with Crippen molar-refractivity contribution in [1.29, 1.82) is 0 Å². The van der Waals surface area contributed by atoms with Crippen molar-refractivity contribution in [3.05, 3.63) is 65.5 Å². The Morgan fingerprint density at radius 1 is 1.15 bits per heavy atom. The van der Waals surface area contributed by atoms with Gasteiger partial charge in [0.15, 0.2) is 5.78 Å². The highest BCUT2D eigenvalue weighted by Crippen LogP contribution is 2.28. The van der Waals surface area contributed by atoms with Crippen molar-refractivity contribution in [2.24, 2.45) is 0 Å². The molecule has 2 aromatic rings. The predicted octanol–water partition coefficient (Wildman–Crippen LogP) is 2.59. The molecule has 174 valence electrons. The Morgan fingerprint density at radius 2 is 1.97 bits per heavy atom.